The van der Waals surface area contributed by atoms with Crippen molar-refractivity contribution in [3.63, 3.8) is 0 Å². The van der Waals surface area contributed by atoms with Gasteiger partial charge in [0, 0.05) is 12.1 Å². The smallest absolute Gasteiger partial charge is 0.253 e. The van der Waals surface area contributed by atoms with Crippen molar-refractivity contribution in [1.82, 2.24) is 10.3 Å². The Labute approximate surface area is 171 Å². The highest BCUT2D eigenvalue weighted by molar-refractivity contribution is 7.90. The number of aromatic nitrogens is 1. The number of hydrogen-bond acceptors (Lipinski definition) is 4. The molecule has 0 fully saturated rings. The maximum atomic E-state index is 12.4. The van der Waals surface area contributed by atoms with Gasteiger partial charge in [-0.05, 0) is 31.0 Å². The number of hydrogen-bond donors (Lipinski definition) is 1. The maximum Gasteiger partial charge on any atom is 0.253 e. The Hall–Kier alpha value is -2.99. The summed E-state index contributed by atoms with van der Waals surface area (Å²) in [4.78, 5) is 17.0. The normalized spacial score (nSPS) is 11.2. The Morgan fingerprint density at radius 3 is 2.24 bits per heavy atom. The topological polar surface area (TPSA) is 76.1 Å². The summed E-state index contributed by atoms with van der Waals surface area (Å²) < 4.78 is 24.4. The van der Waals surface area contributed by atoms with Gasteiger partial charge in [0.05, 0.1) is 28.5 Å². The summed E-state index contributed by atoms with van der Waals surface area (Å²) in [5, 5.41) is 2.79. The molecule has 3 rings (SSSR count). The highest BCUT2D eigenvalue weighted by atomic mass is 32.2. The fraction of sp³-hybridized carbons (Fsp3) is 0.217. The Morgan fingerprint density at radius 2 is 1.59 bits per heavy atom. The largest absolute Gasteiger partial charge is 0.352 e. The van der Waals surface area contributed by atoms with Gasteiger partial charge in [-0.15, -0.1) is 0 Å². The summed E-state index contributed by atoms with van der Waals surface area (Å²) in [6.45, 7) is 2.10. The van der Waals surface area contributed by atoms with E-state index in [1.165, 1.54) is 0 Å². The van der Waals surface area contributed by atoms with E-state index >= 15 is 0 Å². The van der Waals surface area contributed by atoms with Crippen LogP contribution in [0.5, 0.6) is 0 Å². The first kappa shape index (κ1) is 20.7. The fourth-order valence-electron chi connectivity index (χ4n) is 3.06. The van der Waals surface area contributed by atoms with Crippen molar-refractivity contribution in [3.05, 3.63) is 89.6 Å². The van der Waals surface area contributed by atoms with Crippen molar-refractivity contribution in [2.45, 2.75) is 19.1 Å². The lowest BCUT2D eigenvalue weighted by Gasteiger charge is -2.09. The van der Waals surface area contributed by atoms with Gasteiger partial charge in [0.2, 0.25) is 0 Å². The number of pyridine rings is 1. The number of carbonyl (C=O) groups is 1. The van der Waals surface area contributed by atoms with E-state index < -0.39 is 9.84 Å². The van der Waals surface area contributed by atoms with E-state index in [0.717, 1.165) is 16.8 Å². The third kappa shape index (κ3) is 5.99. The molecule has 6 heteroatoms. The van der Waals surface area contributed by atoms with E-state index in [1.54, 1.807) is 25.1 Å². The minimum absolute atomic E-state index is 0.0196. The van der Waals surface area contributed by atoms with E-state index in [2.05, 4.69) is 10.3 Å². The lowest BCUT2D eigenvalue weighted by Crippen LogP contribution is -2.27. The van der Waals surface area contributed by atoms with E-state index in [9.17, 15) is 13.2 Å². The van der Waals surface area contributed by atoms with Crippen LogP contribution in [0.3, 0.4) is 0 Å². The third-order valence-electron chi connectivity index (χ3n) is 4.55. The minimum atomic E-state index is -3.21. The quantitative estimate of drug-likeness (QED) is 0.576. The molecule has 5 nitrogen and oxygen atoms in total. The minimum Gasteiger partial charge on any atom is -0.352 e. The molecular formula is C23H24N2O3S. The lowest BCUT2D eigenvalue weighted by molar-refractivity contribution is 0.0952. The van der Waals surface area contributed by atoms with Crippen molar-refractivity contribution in [2.24, 2.45) is 0 Å². The van der Waals surface area contributed by atoms with Gasteiger partial charge in [0.15, 0.2) is 9.84 Å². The molecule has 1 aromatic heterocycles. The summed E-state index contributed by atoms with van der Waals surface area (Å²) in [5.74, 6) is -0.187. The Balaban J connectivity index is 1.52. The van der Waals surface area contributed by atoms with Crippen molar-refractivity contribution in [3.8, 4) is 11.3 Å². The van der Waals surface area contributed by atoms with Crippen molar-refractivity contribution < 1.29 is 13.2 Å². The van der Waals surface area contributed by atoms with Gasteiger partial charge in [-0.2, -0.15) is 0 Å². The van der Waals surface area contributed by atoms with E-state index in [0.29, 0.717) is 24.2 Å². The highest BCUT2D eigenvalue weighted by Gasteiger charge is 2.14. The molecule has 0 unspecified atom stereocenters. The summed E-state index contributed by atoms with van der Waals surface area (Å²) in [7, 11) is -3.21. The van der Waals surface area contributed by atoms with Crippen LogP contribution in [0.1, 0.15) is 28.0 Å². The molecule has 0 bridgehead atoms. The van der Waals surface area contributed by atoms with Crippen LogP contribution in [0.4, 0.5) is 0 Å². The predicted octanol–water partition coefficient (Wildman–Crippen LogP) is 3.79. The number of benzene rings is 2. The summed E-state index contributed by atoms with van der Waals surface area (Å²) in [6, 6.07) is 22.4. The zero-order valence-electron chi connectivity index (χ0n) is 16.3. The molecule has 0 saturated heterocycles. The lowest BCUT2D eigenvalue weighted by atomic mass is 10.1. The van der Waals surface area contributed by atoms with Crippen molar-refractivity contribution >= 4 is 15.7 Å². The van der Waals surface area contributed by atoms with Gasteiger partial charge < -0.3 is 5.32 Å². The van der Waals surface area contributed by atoms with E-state index in [1.807, 2.05) is 54.6 Å². The molecule has 1 amide bonds. The molecule has 0 aliphatic heterocycles. The molecule has 1 heterocycles. The van der Waals surface area contributed by atoms with Crippen LogP contribution < -0.4 is 5.32 Å². The summed E-state index contributed by atoms with van der Waals surface area (Å²) in [5.41, 5.74) is 3.71. The summed E-state index contributed by atoms with van der Waals surface area (Å²) >= 11 is 0. The Kier molecular flexibility index (Phi) is 6.77. The van der Waals surface area contributed by atoms with Crippen LogP contribution in [0.15, 0.2) is 72.8 Å². The second-order valence-electron chi connectivity index (χ2n) is 6.88. The van der Waals surface area contributed by atoms with E-state index in [4.69, 9.17) is 0 Å². The number of aryl methyl sites for hydroxylation is 1. The highest BCUT2D eigenvalue weighted by Crippen LogP contribution is 2.18. The second kappa shape index (κ2) is 9.47. The number of nitrogens with one attached hydrogen (secondary N) is 1. The van der Waals surface area contributed by atoms with Crippen LogP contribution in [-0.4, -0.2) is 31.6 Å². The Morgan fingerprint density at radius 1 is 0.931 bits per heavy atom. The standard InChI is InChI=1S/C23H24N2O3S/c1-18-21(13-14-22(25-18)20-11-6-3-7-12-20)23(26)24-15-8-16-29(27,28)17-19-9-4-2-5-10-19/h2-7,9-14H,8,15-17H2,1H3,(H,24,26). The summed E-state index contributed by atoms with van der Waals surface area (Å²) in [6.07, 6.45) is 0.371. The molecule has 1 N–H and O–H groups in total. The van der Waals surface area contributed by atoms with Gasteiger partial charge in [0.1, 0.15) is 0 Å². The molecule has 0 radical (unpaired) electrons. The average Bonchev–Trinajstić information content (AvgIpc) is 2.72. The first-order valence-electron chi connectivity index (χ1n) is 9.50. The first-order valence-corrected chi connectivity index (χ1v) is 11.3. The van der Waals surface area contributed by atoms with Crippen molar-refractivity contribution in [2.75, 3.05) is 12.3 Å². The molecule has 29 heavy (non-hydrogen) atoms. The zero-order chi connectivity index (χ0) is 20.7. The molecule has 2 aromatic carbocycles. The van der Waals surface area contributed by atoms with Crippen molar-refractivity contribution in [1.29, 1.82) is 0 Å². The molecule has 0 saturated carbocycles. The predicted molar refractivity (Wildman–Crippen MR) is 115 cm³/mol. The van der Waals surface area contributed by atoms with Crippen LogP contribution in [0, 0.1) is 6.92 Å². The molecule has 150 valence electrons. The van der Waals surface area contributed by atoms with Crippen LogP contribution >= 0.6 is 0 Å². The zero-order valence-corrected chi connectivity index (χ0v) is 17.2. The van der Waals surface area contributed by atoms with Gasteiger partial charge in [-0.1, -0.05) is 60.7 Å². The van der Waals surface area contributed by atoms with Gasteiger partial charge in [-0.25, -0.2) is 8.42 Å². The van der Waals surface area contributed by atoms with Crippen LogP contribution in [-0.2, 0) is 15.6 Å². The number of rotatable bonds is 8. The average molecular weight is 409 g/mol. The molecule has 3 aromatic rings. The van der Waals surface area contributed by atoms with Crippen LogP contribution in [0.2, 0.25) is 0 Å². The molecular weight excluding hydrogens is 384 g/mol. The van der Waals surface area contributed by atoms with Gasteiger partial charge >= 0.3 is 0 Å². The van der Waals surface area contributed by atoms with Gasteiger partial charge in [-0.3, -0.25) is 9.78 Å². The number of nitrogens with zero attached hydrogens (tertiary/aromatic N) is 1. The molecule has 0 aliphatic rings. The van der Waals surface area contributed by atoms with Gasteiger partial charge in [0.25, 0.3) is 5.91 Å². The van der Waals surface area contributed by atoms with Crippen LogP contribution in [0.25, 0.3) is 11.3 Å². The number of carbonyl (C=O) groups excluding carboxylic acids is 1. The molecule has 0 atom stereocenters. The SMILES string of the molecule is Cc1nc(-c2ccccc2)ccc1C(=O)NCCCS(=O)(=O)Cc1ccccc1. The number of sulfone groups is 1. The molecule has 0 spiro atoms. The first-order chi connectivity index (χ1) is 13.9. The van der Waals surface area contributed by atoms with E-state index in [-0.39, 0.29) is 17.4 Å². The fourth-order valence-corrected chi connectivity index (χ4v) is 4.49. The second-order valence-corrected chi connectivity index (χ2v) is 9.07. The third-order valence-corrected chi connectivity index (χ3v) is 6.23. The monoisotopic (exact) mass is 408 g/mol. The molecule has 0 aliphatic carbocycles. The Bertz CT molecular complexity index is 1070. The number of amides is 1. The maximum absolute atomic E-state index is 12.4.